The zero-order chi connectivity index (χ0) is 20.8. The summed E-state index contributed by atoms with van der Waals surface area (Å²) < 4.78 is 19.5. The molecule has 6 nitrogen and oxygen atoms in total. The minimum atomic E-state index is -0.355. The second kappa shape index (κ2) is 7.27. The van der Waals surface area contributed by atoms with E-state index in [0.29, 0.717) is 29.2 Å². The van der Waals surface area contributed by atoms with Crippen LogP contribution >= 0.6 is 0 Å². The van der Waals surface area contributed by atoms with Crippen LogP contribution in [0.2, 0.25) is 0 Å². The molecule has 0 spiro atoms. The quantitative estimate of drug-likeness (QED) is 0.647. The van der Waals surface area contributed by atoms with Crippen LogP contribution in [-0.4, -0.2) is 36.2 Å². The molecule has 1 N–H and O–H groups in total. The van der Waals surface area contributed by atoms with Gasteiger partial charge in [0.15, 0.2) is 11.2 Å². The molecule has 3 aromatic rings. The minimum absolute atomic E-state index is 0.0151. The van der Waals surface area contributed by atoms with Crippen LogP contribution in [0.3, 0.4) is 0 Å². The van der Waals surface area contributed by atoms with E-state index in [9.17, 15) is 14.3 Å². The van der Waals surface area contributed by atoms with Crippen molar-refractivity contribution in [3.05, 3.63) is 69.3 Å². The molecule has 0 radical (unpaired) electrons. The minimum Gasteiger partial charge on any atom is -0.507 e. The van der Waals surface area contributed by atoms with E-state index in [0.717, 1.165) is 18.5 Å². The van der Waals surface area contributed by atoms with Crippen LogP contribution in [-0.2, 0) is 4.89 Å². The Kier molecular flexibility index (Phi) is 4.56. The van der Waals surface area contributed by atoms with Gasteiger partial charge < -0.3 is 19.3 Å². The number of fused-ring (bicyclic) bond motifs is 5. The van der Waals surface area contributed by atoms with E-state index in [-0.39, 0.29) is 34.4 Å². The van der Waals surface area contributed by atoms with Gasteiger partial charge in [-0.05, 0) is 43.8 Å². The number of benzene rings is 2. The predicted octanol–water partition coefficient (Wildman–Crippen LogP) is 3.92. The van der Waals surface area contributed by atoms with Gasteiger partial charge in [-0.3, -0.25) is 4.79 Å². The first-order valence-corrected chi connectivity index (χ1v) is 9.79. The van der Waals surface area contributed by atoms with Crippen LogP contribution in [0.5, 0.6) is 11.5 Å². The molecule has 5 rings (SSSR count). The van der Waals surface area contributed by atoms with E-state index in [2.05, 4.69) is 4.90 Å². The maximum atomic E-state index is 13.4. The summed E-state index contributed by atoms with van der Waals surface area (Å²) in [6, 6.07) is 8.83. The first kappa shape index (κ1) is 18.8. The van der Waals surface area contributed by atoms with Crippen molar-refractivity contribution in [1.29, 1.82) is 0 Å². The molecule has 2 aromatic carbocycles. The van der Waals surface area contributed by atoms with Crippen molar-refractivity contribution in [2.75, 3.05) is 20.1 Å². The largest absolute Gasteiger partial charge is 0.507 e. The molecule has 30 heavy (non-hydrogen) atoms. The summed E-state index contributed by atoms with van der Waals surface area (Å²) in [6.45, 7) is 1.56. The maximum Gasteiger partial charge on any atom is 0.197 e. The van der Waals surface area contributed by atoms with Crippen LogP contribution in [0.15, 0.2) is 45.6 Å². The van der Waals surface area contributed by atoms with Crippen molar-refractivity contribution in [2.45, 2.75) is 18.4 Å². The standard InChI is InChI=1S/C23H20FNO5/c1-25-8-7-16-20(12-25)30-29-19-11-18(27)22-17(26)10-15(28-23(22)21(16)19)6-5-13-3-2-4-14(24)9-13/h2-6,9-11,16,20,27H,7-8,12H2,1H3/b6-5+. The highest BCUT2D eigenvalue weighted by molar-refractivity contribution is 5.89. The van der Waals surface area contributed by atoms with Crippen LogP contribution in [0, 0.1) is 5.82 Å². The second-order valence-electron chi connectivity index (χ2n) is 7.79. The molecule has 154 valence electrons. The molecule has 1 saturated heterocycles. The Morgan fingerprint density at radius 1 is 1.23 bits per heavy atom. The molecule has 2 aliphatic heterocycles. The summed E-state index contributed by atoms with van der Waals surface area (Å²) in [5.74, 6) is 0.0918. The summed E-state index contributed by atoms with van der Waals surface area (Å²) in [5.41, 5.74) is 1.33. The second-order valence-corrected chi connectivity index (χ2v) is 7.79. The zero-order valence-corrected chi connectivity index (χ0v) is 16.3. The van der Waals surface area contributed by atoms with E-state index in [1.165, 1.54) is 24.3 Å². The molecule has 0 bridgehead atoms. The van der Waals surface area contributed by atoms with Crippen LogP contribution < -0.4 is 10.3 Å². The predicted molar refractivity (Wildman–Crippen MR) is 110 cm³/mol. The Balaban J connectivity index is 1.64. The van der Waals surface area contributed by atoms with Gasteiger partial charge in [-0.15, -0.1) is 0 Å². The van der Waals surface area contributed by atoms with Crippen LogP contribution in [0.1, 0.15) is 29.2 Å². The topological polar surface area (TPSA) is 72.1 Å². The molecule has 2 unspecified atom stereocenters. The number of hydrogen-bond donors (Lipinski definition) is 1. The average molecular weight is 409 g/mol. The SMILES string of the molecule is CN1CCC2c3c(cc(O)c4c(=O)cc(/C=C/c5cccc(F)c5)oc34)OOC2C1. The lowest BCUT2D eigenvalue weighted by atomic mass is 9.85. The van der Waals surface area contributed by atoms with Crippen molar-refractivity contribution in [2.24, 2.45) is 0 Å². The number of phenols is 1. The van der Waals surface area contributed by atoms with Crippen molar-refractivity contribution >= 4 is 23.1 Å². The van der Waals surface area contributed by atoms with Gasteiger partial charge in [0.05, 0.1) is 0 Å². The number of nitrogens with zero attached hydrogens (tertiary/aromatic N) is 1. The molecule has 3 heterocycles. The summed E-state index contributed by atoms with van der Waals surface area (Å²) in [7, 11) is 2.01. The van der Waals surface area contributed by atoms with Gasteiger partial charge in [-0.25, -0.2) is 4.39 Å². The lowest BCUT2D eigenvalue weighted by molar-refractivity contribution is -0.269. The molecule has 1 fully saturated rings. The summed E-state index contributed by atoms with van der Waals surface area (Å²) >= 11 is 0. The number of halogens is 1. The average Bonchev–Trinajstić information content (AvgIpc) is 2.71. The van der Waals surface area contributed by atoms with E-state index in [1.807, 2.05) is 7.05 Å². The Bertz CT molecular complexity index is 1220. The van der Waals surface area contributed by atoms with Crippen molar-refractivity contribution in [3.63, 3.8) is 0 Å². The Labute approximate surface area is 171 Å². The molecule has 0 aliphatic carbocycles. The highest BCUT2D eigenvalue weighted by Gasteiger charge is 2.39. The molecule has 7 heteroatoms. The number of aromatic hydroxyl groups is 1. The number of likely N-dealkylation sites (N-methyl/N-ethyl adjacent to an activating group) is 1. The van der Waals surface area contributed by atoms with Gasteiger partial charge in [0.2, 0.25) is 0 Å². The lowest BCUT2D eigenvalue weighted by Gasteiger charge is -2.39. The molecule has 2 atom stereocenters. The highest BCUT2D eigenvalue weighted by Crippen LogP contribution is 2.46. The van der Waals surface area contributed by atoms with E-state index in [4.69, 9.17) is 14.2 Å². The van der Waals surface area contributed by atoms with E-state index < -0.39 is 0 Å². The maximum absolute atomic E-state index is 13.4. The first-order valence-electron chi connectivity index (χ1n) is 9.79. The van der Waals surface area contributed by atoms with E-state index in [1.54, 1.807) is 24.3 Å². The molecule has 2 aliphatic rings. The number of phenolic OH excluding ortho intramolecular Hbond substituents is 1. The third kappa shape index (κ3) is 3.26. The van der Waals surface area contributed by atoms with E-state index >= 15 is 0 Å². The third-order valence-electron chi connectivity index (χ3n) is 5.68. The van der Waals surface area contributed by atoms with Gasteiger partial charge in [-0.1, -0.05) is 18.2 Å². The van der Waals surface area contributed by atoms with Gasteiger partial charge >= 0.3 is 0 Å². The molecule has 0 saturated carbocycles. The fraction of sp³-hybridized carbons (Fsp3) is 0.261. The van der Waals surface area contributed by atoms with Gasteiger partial charge in [0.1, 0.15) is 34.4 Å². The summed E-state index contributed by atoms with van der Waals surface area (Å²) in [5, 5.41) is 10.5. The summed E-state index contributed by atoms with van der Waals surface area (Å²) in [6.07, 6.45) is 3.89. The fourth-order valence-corrected chi connectivity index (χ4v) is 4.23. The fourth-order valence-electron chi connectivity index (χ4n) is 4.23. The number of hydrogen-bond acceptors (Lipinski definition) is 6. The molecular weight excluding hydrogens is 389 g/mol. The Morgan fingerprint density at radius 2 is 2.10 bits per heavy atom. The Hall–Kier alpha value is -3.16. The van der Waals surface area contributed by atoms with Crippen molar-refractivity contribution in [3.8, 4) is 11.5 Å². The lowest BCUT2D eigenvalue weighted by Crippen LogP contribution is -2.44. The third-order valence-corrected chi connectivity index (χ3v) is 5.68. The zero-order valence-electron chi connectivity index (χ0n) is 16.3. The molecule has 1 aromatic heterocycles. The van der Waals surface area contributed by atoms with Crippen molar-refractivity contribution < 1.29 is 23.7 Å². The number of piperidine rings is 1. The molecule has 0 amide bonds. The monoisotopic (exact) mass is 409 g/mol. The Morgan fingerprint density at radius 3 is 2.93 bits per heavy atom. The van der Waals surface area contributed by atoms with Gasteiger partial charge in [0.25, 0.3) is 0 Å². The number of rotatable bonds is 2. The van der Waals surface area contributed by atoms with Crippen LogP contribution in [0.4, 0.5) is 4.39 Å². The highest BCUT2D eigenvalue weighted by atomic mass is 19.1. The smallest absolute Gasteiger partial charge is 0.197 e. The first-order chi connectivity index (χ1) is 14.5. The number of likely N-dealkylation sites (tertiary alicyclic amines) is 1. The van der Waals surface area contributed by atoms with Gasteiger partial charge in [-0.2, -0.15) is 4.89 Å². The van der Waals surface area contributed by atoms with Crippen LogP contribution in [0.25, 0.3) is 23.1 Å². The van der Waals surface area contributed by atoms with Crippen molar-refractivity contribution in [1.82, 2.24) is 4.90 Å². The van der Waals surface area contributed by atoms with Gasteiger partial charge in [0, 0.05) is 30.2 Å². The normalized spacial score (nSPS) is 21.4. The summed E-state index contributed by atoms with van der Waals surface area (Å²) in [4.78, 5) is 25.9. The molecular formula is C23H20FNO5.